The van der Waals surface area contributed by atoms with Crippen LogP contribution in [-0.4, -0.2) is 18.3 Å². The molecule has 3 rings (SSSR count). The number of hydrogen-bond donors (Lipinski definition) is 1. The summed E-state index contributed by atoms with van der Waals surface area (Å²) >= 11 is 0. The van der Waals surface area contributed by atoms with Gasteiger partial charge in [0.05, 0.1) is 6.10 Å². The second kappa shape index (κ2) is 4.79. The van der Waals surface area contributed by atoms with E-state index in [4.69, 9.17) is 4.74 Å². The number of aliphatic hydroxyl groups is 1. The molecule has 92 valence electrons. The molecule has 1 saturated heterocycles. The van der Waals surface area contributed by atoms with Crippen LogP contribution in [0.5, 0.6) is 0 Å². The maximum atomic E-state index is 9.43. The summed E-state index contributed by atoms with van der Waals surface area (Å²) in [5.41, 5.74) is 2.71. The zero-order valence-electron chi connectivity index (χ0n) is 10.1. The van der Waals surface area contributed by atoms with Crippen LogP contribution in [0.4, 0.5) is 0 Å². The Labute approximate surface area is 103 Å². The van der Waals surface area contributed by atoms with E-state index < -0.39 is 0 Å². The van der Waals surface area contributed by atoms with Gasteiger partial charge in [-0.05, 0) is 42.7 Å². The normalized spacial score (nSPS) is 29.2. The Morgan fingerprint density at radius 1 is 1.18 bits per heavy atom. The molecule has 1 saturated carbocycles. The van der Waals surface area contributed by atoms with E-state index in [1.165, 1.54) is 24.0 Å². The van der Waals surface area contributed by atoms with Gasteiger partial charge in [-0.25, -0.2) is 0 Å². The van der Waals surface area contributed by atoms with Crippen molar-refractivity contribution in [2.75, 3.05) is 13.2 Å². The Hall–Kier alpha value is -0.860. The maximum Gasteiger partial charge on any atom is 0.0875 e. The number of rotatable bonds is 3. The van der Waals surface area contributed by atoms with Crippen molar-refractivity contribution in [2.24, 2.45) is 5.92 Å². The lowest BCUT2D eigenvalue weighted by atomic mass is 9.89. The number of aliphatic hydroxyl groups excluding tert-OH is 1. The van der Waals surface area contributed by atoms with Crippen LogP contribution in [0.1, 0.15) is 48.8 Å². The van der Waals surface area contributed by atoms with Gasteiger partial charge in [0, 0.05) is 19.1 Å². The molecule has 2 atom stereocenters. The molecule has 2 fully saturated rings. The second-order valence-corrected chi connectivity index (χ2v) is 5.32. The molecule has 0 bridgehead atoms. The lowest BCUT2D eigenvalue weighted by Gasteiger charge is -2.31. The highest BCUT2D eigenvalue weighted by molar-refractivity contribution is 5.30. The SMILES string of the molecule is OCC1CCCOC1c1cccc(C2CC2)c1. The van der Waals surface area contributed by atoms with Gasteiger partial charge >= 0.3 is 0 Å². The summed E-state index contributed by atoms with van der Waals surface area (Å²) in [4.78, 5) is 0. The molecular formula is C15H20O2. The molecule has 1 aromatic rings. The predicted octanol–water partition coefficient (Wildman–Crippen LogP) is 3.02. The van der Waals surface area contributed by atoms with Crippen molar-refractivity contribution < 1.29 is 9.84 Å². The summed E-state index contributed by atoms with van der Waals surface area (Å²) in [6.07, 6.45) is 4.92. The molecule has 1 aliphatic carbocycles. The molecule has 0 radical (unpaired) electrons. The smallest absolute Gasteiger partial charge is 0.0875 e. The van der Waals surface area contributed by atoms with Gasteiger partial charge in [-0.1, -0.05) is 24.3 Å². The highest BCUT2D eigenvalue weighted by Gasteiger charge is 2.29. The van der Waals surface area contributed by atoms with Crippen molar-refractivity contribution in [3.05, 3.63) is 35.4 Å². The van der Waals surface area contributed by atoms with Crippen LogP contribution in [0.15, 0.2) is 24.3 Å². The summed E-state index contributed by atoms with van der Waals surface area (Å²) in [5.74, 6) is 1.06. The van der Waals surface area contributed by atoms with Crippen LogP contribution >= 0.6 is 0 Å². The van der Waals surface area contributed by atoms with Crippen LogP contribution in [0.25, 0.3) is 0 Å². The van der Waals surface area contributed by atoms with Crippen molar-refractivity contribution >= 4 is 0 Å². The van der Waals surface area contributed by atoms with Gasteiger partial charge in [0.15, 0.2) is 0 Å². The van der Waals surface area contributed by atoms with Gasteiger partial charge in [-0.2, -0.15) is 0 Å². The summed E-state index contributed by atoms with van der Waals surface area (Å²) in [7, 11) is 0. The number of hydrogen-bond acceptors (Lipinski definition) is 2. The molecule has 1 N–H and O–H groups in total. The van der Waals surface area contributed by atoms with Crippen molar-refractivity contribution in [2.45, 2.75) is 37.7 Å². The van der Waals surface area contributed by atoms with Crippen LogP contribution in [0.2, 0.25) is 0 Å². The van der Waals surface area contributed by atoms with Gasteiger partial charge in [0.1, 0.15) is 0 Å². The first kappa shape index (κ1) is 11.2. The minimum Gasteiger partial charge on any atom is -0.396 e. The number of ether oxygens (including phenoxy) is 1. The molecular weight excluding hydrogens is 212 g/mol. The van der Waals surface area contributed by atoms with E-state index in [2.05, 4.69) is 24.3 Å². The molecule has 0 spiro atoms. The fraction of sp³-hybridized carbons (Fsp3) is 0.600. The minimum absolute atomic E-state index is 0.104. The van der Waals surface area contributed by atoms with Crippen molar-refractivity contribution in [1.82, 2.24) is 0 Å². The minimum atomic E-state index is 0.104. The van der Waals surface area contributed by atoms with Gasteiger partial charge in [-0.15, -0.1) is 0 Å². The highest BCUT2D eigenvalue weighted by Crippen LogP contribution is 2.42. The summed E-state index contributed by atoms with van der Waals surface area (Å²) in [6.45, 7) is 1.06. The third-order valence-electron chi connectivity index (χ3n) is 3.97. The molecule has 17 heavy (non-hydrogen) atoms. The van der Waals surface area contributed by atoms with Gasteiger partial charge in [0.25, 0.3) is 0 Å². The van der Waals surface area contributed by atoms with Crippen LogP contribution < -0.4 is 0 Å². The summed E-state index contributed by atoms with van der Waals surface area (Å²) in [5, 5.41) is 9.43. The Morgan fingerprint density at radius 3 is 2.76 bits per heavy atom. The average Bonchev–Trinajstić information content (AvgIpc) is 3.23. The summed E-state index contributed by atoms with van der Waals surface area (Å²) in [6, 6.07) is 8.79. The third-order valence-corrected chi connectivity index (χ3v) is 3.97. The molecule has 2 aliphatic rings. The van der Waals surface area contributed by atoms with E-state index in [0.717, 1.165) is 25.4 Å². The monoisotopic (exact) mass is 232 g/mol. The van der Waals surface area contributed by atoms with Crippen molar-refractivity contribution in [3.8, 4) is 0 Å². The van der Waals surface area contributed by atoms with Crippen LogP contribution in [-0.2, 0) is 4.74 Å². The predicted molar refractivity (Wildman–Crippen MR) is 66.9 cm³/mol. The first-order valence-corrected chi connectivity index (χ1v) is 6.71. The van der Waals surface area contributed by atoms with E-state index in [9.17, 15) is 5.11 Å². The van der Waals surface area contributed by atoms with Gasteiger partial charge in [-0.3, -0.25) is 0 Å². The van der Waals surface area contributed by atoms with E-state index in [1.807, 2.05) is 0 Å². The quantitative estimate of drug-likeness (QED) is 0.868. The Bertz CT molecular complexity index is 384. The standard InChI is InChI=1S/C15H20O2/c16-10-14-5-2-8-17-15(14)13-4-1-3-12(9-13)11-6-7-11/h1,3-4,9,11,14-16H,2,5-8,10H2. The Morgan fingerprint density at radius 2 is 2.00 bits per heavy atom. The molecule has 0 aromatic heterocycles. The lowest BCUT2D eigenvalue weighted by Crippen LogP contribution is -2.25. The van der Waals surface area contributed by atoms with Gasteiger partial charge < -0.3 is 9.84 Å². The van der Waals surface area contributed by atoms with E-state index in [-0.39, 0.29) is 18.6 Å². The summed E-state index contributed by atoms with van der Waals surface area (Å²) < 4.78 is 5.86. The van der Waals surface area contributed by atoms with Crippen molar-refractivity contribution in [3.63, 3.8) is 0 Å². The van der Waals surface area contributed by atoms with E-state index in [1.54, 1.807) is 0 Å². The Balaban J connectivity index is 1.83. The van der Waals surface area contributed by atoms with Crippen LogP contribution in [0, 0.1) is 5.92 Å². The van der Waals surface area contributed by atoms with E-state index >= 15 is 0 Å². The maximum absolute atomic E-state index is 9.43. The average molecular weight is 232 g/mol. The molecule has 2 heteroatoms. The fourth-order valence-electron chi connectivity index (χ4n) is 2.81. The van der Waals surface area contributed by atoms with Crippen LogP contribution in [0.3, 0.4) is 0 Å². The molecule has 1 heterocycles. The highest BCUT2D eigenvalue weighted by atomic mass is 16.5. The molecule has 2 unspecified atom stereocenters. The Kier molecular flexibility index (Phi) is 3.17. The molecule has 0 amide bonds. The van der Waals surface area contributed by atoms with Gasteiger partial charge in [0.2, 0.25) is 0 Å². The van der Waals surface area contributed by atoms with E-state index in [0.29, 0.717) is 0 Å². The topological polar surface area (TPSA) is 29.5 Å². The first-order chi connectivity index (χ1) is 8.38. The molecule has 2 nitrogen and oxygen atoms in total. The first-order valence-electron chi connectivity index (χ1n) is 6.71. The second-order valence-electron chi connectivity index (χ2n) is 5.32. The zero-order valence-corrected chi connectivity index (χ0v) is 10.1. The fourth-order valence-corrected chi connectivity index (χ4v) is 2.81. The largest absolute Gasteiger partial charge is 0.396 e. The van der Waals surface area contributed by atoms with Crippen molar-refractivity contribution in [1.29, 1.82) is 0 Å². The third kappa shape index (κ3) is 2.38. The lowest BCUT2D eigenvalue weighted by molar-refractivity contribution is -0.0457. The molecule has 1 aromatic carbocycles. The zero-order chi connectivity index (χ0) is 11.7. The number of benzene rings is 1. The molecule has 1 aliphatic heterocycles.